The normalized spacial score (nSPS) is 10.6. The lowest BCUT2D eigenvalue weighted by Crippen LogP contribution is -2.01. The number of carbonyl (C=O) groups excluding carboxylic acids is 1. The lowest BCUT2D eigenvalue weighted by molar-refractivity contribution is 0.0982. The summed E-state index contributed by atoms with van der Waals surface area (Å²) in [5.74, 6) is 0.208. The zero-order chi connectivity index (χ0) is 14.7. The van der Waals surface area contributed by atoms with Gasteiger partial charge in [0.05, 0.1) is 16.5 Å². The number of carbonyl (C=O) groups is 1. The van der Waals surface area contributed by atoms with Crippen LogP contribution in [0, 0.1) is 11.3 Å². The molecule has 2 heterocycles. The average molecular weight is 294 g/mol. The van der Waals surface area contributed by atoms with Crippen LogP contribution in [0.4, 0.5) is 0 Å². The first-order valence-corrected chi connectivity index (χ1v) is 7.72. The molecule has 3 aromatic rings. The van der Waals surface area contributed by atoms with Gasteiger partial charge in [0.1, 0.15) is 0 Å². The number of aromatic nitrogens is 1. The topological polar surface area (TPSA) is 45.8 Å². The molecule has 0 saturated heterocycles. The Hall–Kier alpha value is -2.38. The van der Waals surface area contributed by atoms with Crippen molar-refractivity contribution in [3.63, 3.8) is 0 Å². The van der Waals surface area contributed by atoms with E-state index < -0.39 is 0 Å². The maximum absolute atomic E-state index is 12.0. The highest BCUT2D eigenvalue weighted by atomic mass is 32.1. The quantitative estimate of drug-likeness (QED) is 0.661. The molecule has 0 atom stereocenters. The molecule has 3 nitrogen and oxygen atoms in total. The van der Waals surface area contributed by atoms with Crippen molar-refractivity contribution in [1.82, 2.24) is 4.57 Å². The van der Waals surface area contributed by atoms with Crippen molar-refractivity contribution < 1.29 is 4.79 Å². The van der Waals surface area contributed by atoms with Crippen LogP contribution in [0.25, 0.3) is 10.9 Å². The van der Waals surface area contributed by atoms with Gasteiger partial charge in [-0.25, -0.2) is 0 Å². The molecular formula is C17H14N2OS. The van der Waals surface area contributed by atoms with Gasteiger partial charge in [-0.2, -0.15) is 5.26 Å². The van der Waals surface area contributed by atoms with Crippen molar-refractivity contribution in [2.75, 3.05) is 0 Å². The van der Waals surface area contributed by atoms with E-state index in [9.17, 15) is 4.79 Å². The fraction of sp³-hybridized carbons (Fsp3) is 0.176. The lowest BCUT2D eigenvalue weighted by atomic mass is 10.1. The Morgan fingerprint density at radius 3 is 2.90 bits per heavy atom. The first-order valence-electron chi connectivity index (χ1n) is 6.84. The van der Waals surface area contributed by atoms with E-state index in [2.05, 4.69) is 10.6 Å². The molecule has 0 fully saturated rings. The number of hydrogen-bond donors (Lipinski definition) is 0. The number of rotatable bonds is 5. The second kappa shape index (κ2) is 5.94. The summed E-state index contributed by atoms with van der Waals surface area (Å²) in [5, 5.41) is 12.0. The van der Waals surface area contributed by atoms with Crippen LogP contribution in [0.1, 0.15) is 28.1 Å². The molecule has 1 aromatic carbocycles. The van der Waals surface area contributed by atoms with Crippen molar-refractivity contribution in [2.45, 2.75) is 19.4 Å². The zero-order valence-corrected chi connectivity index (χ0v) is 12.3. The van der Waals surface area contributed by atoms with Gasteiger partial charge in [-0.3, -0.25) is 4.79 Å². The molecule has 0 bridgehead atoms. The molecule has 2 aromatic heterocycles. The first-order chi connectivity index (χ1) is 10.3. The number of Topliss-reactive ketones (excluding diaryl/α,β-unsaturated/α-hetero) is 1. The molecule has 4 heteroatoms. The summed E-state index contributed by atoms with van der Waals surface area (Å²) in [6, 6.07) is 13.7. The number of benzene rings is 1. The van der Waals surface area contributed by atoms with Crippen molar-refractivity contribution in [2.24, 2.45) is 0 Å². The molecule has 0 aliphatic carbocycles. The zero-order valence-electron chi connectivity index (χ0n) is 11.5. The molecule has 0 saturated carbocycles. The van der Waals surface area contributed by atoms with Gasteiger partial charge < -0.3 is 4.57 Å². The van der Waals surface area contributed by atoms with E-state index in [1.54, 1.807) is 0 Å². The third kappa shape index (κ3) is 2.74. The van der Waals surface area contributed by atoms with Crippen LogP contribution in [0.3, 0.4) is 0 Å². The van der Waals surface area contributed by atoms with Crippen LogP contribution in [-0.2, 0) is 6.54 Å². The van der Waals surface area contributed by atoms with Gasteiger partial charge in [0.2, 0.25) is 0 Å². The molecule has 0 amide bonds. The van der Waals surface area contributed by atoms with Crippen molar-refractivity contribution in [3.8, 4) is 6.07 Å². The minimum Gasteiger partial charge on any atom is -0.347 e. The number of ketones is 1. The number of nitriles is 1. The largest absolute Gasteiger partial charge is 0.347 e. The van der Waals surface area contributed by atoms with Crippen molar-refractivity contribution >= 4 is 28.0 Å². The van der Waals surface area contributed by atoms with E-state index in [0.29, 0.717) is 12.0 Å². The van der Waals surface area contributed by atoms with E-state index in [0.717, 1.165) is 28.7 Å². The Bertz CT molecular complexity index is 809. The van der Waals surface area contributed by atoms with Gasteiger partial charge in [0, 0.05) is 30.1 Å². The van der Waals surface area contributed by atoms with Gasteiger partial charge in [0.25, 0.3) is 0 Å². The minimum absolute atomic E-state index is 0.208. The van der Waals surface area contributed by atoms with Gasteiger partial charge in [0.15, 0.2) is 5.78 Å². The Labute approximate surface area is 127 Å². The number of aryl methyl sites for hydroxylation is 1. The number of thiophene rings is 1. The van der Waals surface area contributed by atoms with Crippen LogP contribution >= 0.6 is 11.3 Å². The summed E-state index contributed by atoms with van der Waals surface area (Å²) >= 11 is 1.49. The average Bonchev–Trinajstić information content (AvgIpc) is 3.16. The highest BCUT2D eigenvalue weighted by Crippen LogP contribution is 2.20. The standard InChI is InChI=1S/C17H14N2OS/c18-12-13-4-1-5-15-14(13)8-10-19(15)9-2-6-16(20)17-7-3-11-21-17/h1,3-5,7-8,10-11H,2,6,9H2. The maximum Gasteiger partial charge on any atom is 0.172 e. The summed E-state index contributed by atoms with van der Waals surface area (Å²) in [5.41, 5.74) is 1.75. The fourth-order valence-electron chi connectivity index (χ4n) is 2.49. The third-order valence-corrected chi connectivity index (χ3v) is 4.44. The SMILES string of the molecule is N#Cc1cccc2c1ccn2CCCC(=O)c1cccs1. The third-order valence-electron chi connectivity index (χ3n) is 3.53. The van der Waals surface area contributed by atoms with Crippen LogP contribution in [0.2, 0.25) is 0 Å². The van der Waals surface area contributed by atoms with Crippen LogP contribution in [0.15, 0.2) is 48.0 Å². The van der Waals surface area contributed by atoms with Gasteiger partial charge in [-0.05, 0) is 36.1 Å². The molecule has 0 aliphatic rings. The Morgan fingerprint density at radius 2 is 2.14 bits per heavy atom. The van der Waals surface area contributed by atoms with E-state index in [1.165, 1.54) is 11.3 Å². The minimum atomic E-state index is 0.208. The monoisotopic (exact) mass is 294 g/mol. The highest BCUT2D eigenvalue weighted by molar-refractivity contribution is 7.12. The fourth-order valence-corrected chi connectivity index (χ4v) is 3.18. The van der Waals surface area contributed by atoms with Gasteiger partial charge in [-0.1, -0.05) is 12.1 Å². The number of fused-ring (bicyclic) bond motifs is 1. The molecule has 0 N–H and O–H groups in total. The molecule has 104 valence electrons. The molecule has 3 rings (SSSR count). The van der Waals surface area contributed by atoms with Crippen molar-refractivity contribution in [1.29, 1.82) is 5.26 Å². The smallest absolute Gasteiger partial charge is 0.172 e. The molecule has 0 spiro atoms. The predicted octanol–water partition coefficient (Wildman–Crippen LogP) is 4.24. The second-order valence-electron chi connectivity index (χ2n) is 4.86. The number of nitrogens with zero attached hydrogens (tertiary/aromatic N) is 2. The van der Waals surface area contributed by atoms with E-state index in [1.807, 2.05) is 48.0 Å². The Balaban J connectivity index is 1.69. The molecule has 0 unspecified atom stereocenters. The van der Waals surface area contributed by atoms with Crippen LogP contribution < -0.4 is 0 Å². The summed E-state index contributed by atoms with van der Waals surface area (Å²) in [6.07, 6.45) is 3.34. The Kier molecular flexibility index (Phi) is 3.85. The lowest BCUT2D eigenvalue weighted by Gasteiger charge is -2.05. The van der Waals surface area contributed by atoms with Crippen LogP contribution in [0.5, 0.6) is 0 Å². The summed E-state index contributed by atoms with van der Waals surface area (Å²) in [6.45, 7) is 0.787. The molecule has 0 aliphatic heterocycles. The molecule has 21 heavy (non-hydrogen) atoms. The summed E-state index contributed by atoms with van der Waals surface area (Å²) in [7, 11) is 0. The van der Waals surface area contributed by atoms with Crippen molar-refractivity contribution in [3.05, 3.63) is 58.4 Å². The van der Waals surface area contributed by atoms with Gasteiger partial charge >= 0.3 is 0 Å². The van der Waals surface area contributed by atoms with E-state index in [4.69, 9.17) is 5.26 Å². The first kappa shape index (κ1) is 13.6. The second-order valence-corrected chi connectivity index (χ2v) is 5.81. The van der Waals surface area contributed by atoms with Crippen LogP contribution in [-0.4, -0.2) is 10.4 Å². The summed E-state index contributed by atoms with van der Waals surface area (Å²) in [4.78, 5) is 12.8. The predicted molar refractivity (Wildman–Crippen MR) is 84.5 cm³/mol. The van der Waals surface area contributed by atoms with Gasteiger partial charge in [-0.15, -0.1) is 11.3 Å². The molecular weight excluding hydrogens is 280 g/mol. The van der Waals surface area contributed by atoms with E-state index >= 15 is 0 Å². The Morgan fingerprint density at radius 1 is 1.24 bits per heavy atom. The molecule has 0 radical (unpaired) electrons. The number of hydrogen-bond acceptors (Lipinski definition) is 3. The highest BCUT2D eigenvalue weighted by Gasteiger charge is 2.08. The summed E-state index contributed by atoms with van der Waals surface area (Å²) < 4.78 is 2.11. The van der Waals surface area contributed by atoms with E-state index in [-0.39, 0.29) is 5.78 Å². The maximum atomic E-state index is 12.0.